The molecule has 0 radical (unpaired) electrons. The van der Waals surface area contributed by atoms with Crippen LogP contribution < -0.4 is 10.1 Å². The summed E-state index contributed by atoms with van der Waals surface area (Å²) in [7, 11) is 1.45. The van der Waals surface area contributed by atoms with Crippen molar-refractivity contribution < 1.29 is 18.7 Å². The van der Waals surface area contributed by atoms with Crippen LogP contribution in [0.3, 0.4) is 0 Å². The second-order valence-corrected chi connectivity index (χ2v) is 11.8. The van der Waals surface area contributed by atoms with Crippen LogP contribution in [0.1, 0.15) is 22.8 Å². The summed E-state index contributed by atoms with van der Waals surface area (Å²) >= 11 is 13.7. The average molecular weight is 621 g/mol. The molecule has 11 heteroatoms. The number of rotatable bonds is 8. The van der Waals surface area contributed by atoms with Crippen molar-refractivity contribution >= 4 is 46.9 Å². The van der Waals surface area contributed by atoms with Gasteiger partial charge < -0.3 is 15.0 Å². The first kappa shape index (κ1) is 29.0. The van der Waals surface area contributed by atoms with Gasteiger partial charge in [0.1, 0.15) is 0 Å². The van der Waals surface area contributed by atoms with Crippen LogP contribution in [0.25, 0.3) is 22.4 Å². The lowest BCUT2D eigenvalue weighted by molar-refractivity contribution is -0.157. The van der Waals surface area contributed by atoms with Crippen molar-refractivity contribution in [3.8, 4) is 28.3 Å². The second-order valence-electron chi connectivity index (χ2n) is 11.0. The summed E-state index contributed by atoms with van der Waals surface area (Å²) in [5.74, 6) is -0.0701. The monoisotopic (exact) mass is 619 g/mol. The number of nitrogens with one attached hydrogen (secondary N) is 1. The van der Waals surface area contributed by atoms with Gasteiger partial charge in [0.25, 0.3) is 0 Å². The number of anilines is 2. The number of pyridine rings is 2. The van der Waals surface area contributed by atoms with Crippen molar-refractivity contribution in [3.05, 3.63) is 87.8 Å². The second kappa shape index (κ2) is 11.6. The molecule has 0 unspecified atom stereocenters. The number of nitrogens with zero attached hydrogens (tertiary/aromatic N) is 4. The zero-order valence-electron chi connectivity index (χ0n) is 23.5. The maximum atomic E-state index is 15.6. The summed E-state index contributed by atoms with van der Waals surface area (Å²) in [4.78, 5) is 35.5. The Morgan fingerprint density at radius 1 is 1.02 bits per heavy atom. The standard InChI is InChI=1S/C32H28Cl2FN5O3/c1-19(42)40-17-32(18-40)15-39(16-32)13-20-11-12-36-30(29(20)35)37-26-8-4-6-23(28(26)34)22-5-3-7-24(27(22)33)25-10-9-21(14-41)31(38-25)43-2/h3-12,14H,13,15-18H2,1-2H3,(H,36,37). The van der Waals surface area contributed by atoms with Crippen molar-refractivity contribution in [2.45, 2.75) is 13.5 Å². The molecule has 2 aliphatic rings. The number of aromatic nitrogens is 2. The number of ether oxygens (including phenoxy) is 1. The molecule has 2 aromatic heterocycles. The van der Waals surface area contributed by atoms with Crippen LogP contribution in [0.5, 0.6) is 5.88 Å². The van der Waals surface area contributed by atoms with Crippen molar-refractivity contribution in [2.75, 3.05) is 38.6 Å². The third kappa shape index (κ3) is 5.44. The minimum absolute atomic E-state index is 0.0737. The van der Waals surface area contributed by atoms with Gasteiger partial charge in [0.05, 0.1) is 34.1 Å². The highest BCUT2D eigenvalue weighted by Gasteiger charge is 2.52. The zero-order valence-corrected chi connectivity index (χ0v) is 25.0. The van der Waals surface area contributed by atoms with E-state index >= 15 is 4.39 Å². The number of likely N-dealkylation sites (tertiary alicyclic amines) is 2. The Hall–Kier alpha value is -4.05. The van der Waals surface area contributed by atoms with E-state index in [2.05, 4.69) is 20.2 Å². The molecule has 1 spiro atoms. The van der Waals surface area contributed by atoms with Crippen LogP contribution in [0.15, 0.2) is 60.8 Å². The van der Waals surface area contributed by atoms with Crippen LogP contribution in [0, 0.1) is 11.2 Å². The minimum atomic E-state index is -0.442. The maximum absolute atomic E-state index is 15.6. The van der Waals surface area contributed by atoms with Crippen molar-refractivity contribution in [2.24, 2.45) is 5.41 Å². The molecular formula is C32H28Cl2FN5O3. The molecule has 4 heterocycles. The van der Waals surface area contributed by atoms with E-state index < -0.39 is 5.82 Å². The van der Waals surface area contributed by atoms with Gasteiger partial charge in [0.15, 0.2) is 17.9 Å². The molecule has 4 aromatic rings. The molecule has 2 aliphatic heterocycles. The van der Waals surface area contributed by atoms with Crippen LogP contribution in [-0.2, 0) is 11.3 Å². The summed E-state index contributed by atoms with van der Waals surface area (Å²) in [5, 5.41) is 3.82. The van der Waals surface area contributed by atoms with Crippen molar-refractivity contribution in [3.63, 3.8) is 0 Å². The van der Waals surface area contributed by atoms with E-state index in [1.54, 1.807) is 43.5 Å². The van der Waals surface area contributed by atoms with Gasteiger partial charge in [-0.1, -0.05) is 53.5 Å². The fraction of sp³-hybridized carbons (Fsp3) is 0.250. The number of hydrogen-bond donors (Lipinski definition) is 1. The molecule has 1 N–H and O–H groups in total. The molecule has 2 fully saturated rings. The van der Waals surface area contributed by atoms with Crippen LogP contribution >= 0.6 is 23.2 Å². The molecular weight excluding hydrogens is 592 g/mol. The van der Waals surface area contributed by atoms with Crippen LogP contribution in [0.4, 0.5) is 15.9 Å². The maximum Gasteiger partial charge on any atom is 0.224 e. The molecule has 43 heavy (non-hydrogen) atoms. The minimum Gasteiger partial charge on any atom is -0.480 e. The van der Waals surface area contributed by atoms with E-state index in [1.165, 1.54) is 7.11 Å². The van der Waals surface area contributed by atoms with Gasteiger partial charge in [0, 0.05) is 73.5 Å². The van der Waals surface area contributed by atoms with Crippen molar-refractivity contribution in [1.82, 2.24) is 19.8 Å². The number of carbonyl (C=O) groups excluding carboxylic acids is 2. The smallest absolute Gasteiger partial charge is 0.224 e. The van der Waals surface area contributed by atoms with Gasteiger partial charge in [-0.25, -0.2) is 14.4 Å². The summed E-state index contributed by atoms with van der Waals surface area (Å²) in [6.45, 7) is 5.24. The number of benzene rings is 2. The summed E-state index contributed by atoms with van der Waals surface area (Å²) in [5.41, 5.74) is 3.93. The first-order chi connectivity index (χ1) is 20.7. The lowest BCUT2D eigenvalue weighted by Crippen LogP contribution is -2.72. The number of hydrogen-bond acceptors (Lipinski definition) is 7. The molecule has 0 bridgehead atoms. The molecule has 220 valence electrons. The van der Waals surface area contributed by atoms with Crippen LogP contribution in [-0.4, -0.2) is 65.2 Å². The number of amides is 1. The normalized spacial score (nSPS) is 15.5. The largest absolute Gasteiger partial charge is 0.480 e. The van der Waals surface area contributed by atoms with Crippen molar-refractivity contribution in [1.29, 1.82) is 0 Å². The molecule has 0 aliphatic carbocycles. The molecule has 2 saturated heterocycles. The lowest BCUT2D eigenvalue weighted by Gasteiger charge is -2.60. The summed E-state index contributed by atoms with van der Waals surface area (Å²) in [6, 6.07) is 15.9. The number of aldehydes is 1. The number of carbonyl (C=O) groups is 2. The van der Waals surface area contributed by atoms with E-state index in [1.807, 2.05) is 29.2 Å². The first-order valence-electron chi connectivity index (χ1n) is 13.7. The summed E-state index contributed by atoms with van der Waals surface area (Å²) < 4.78 is 20.9. The Balaban J connectivity index is 1.22. The third-order valence-electron chi connectivity index (χ3n) is 8.01. The zero-order chi connectivity index (χ0) is 30.3. The predicted molar refractivity (Wildman–Crippen MR) is 165 cm³/mol. The Morgan fingerprint density at radius 3 is 2.42 bits per heavy atom. The quantitative estimate of drug-likeness (QED) is 0.226. The number of halogens is 3. The van der Waals surface area contributed by atoms with E-state index in [0.29, 0.717) is 62.1 Å². The lowest BCUT2D eigenvalue weighted by atomic mass is 9.72. The summed E-state index contributed by atoms with van der Waals surface area (Å²) in [6.07, 6.45) is 2.26. The molecule has 1 amide bonds. The van der Waals surface area contributed by atoms with Gasteiger partial charge in [-0.2, -0.15) is 0 Å². The van der Waals surface area contributed by atoms with E-state index in [9.17, 15) is 9.59 Å². The van der Waals surface area contributed by atoms with Gasteiger partial charge in [0.2, 0.25) is 11.8 Å². The van der Waals surface area contributed by atoms with E-state index in [0.717, 1.165) is 26.2 Å². The van der Waals surface area contributed by atoms with Gasteiger partial charge in [-0.05, 0) is 24.3 Å². The van der Waals surface area contributed by atoms with Crippen LogP contribution in [0.2, 0.25) is 10.0 Å². The number of methoxy groups -OCH3 is 1. The van der Waals surface area contributed by atoms with Gasteiger partial charge >= 0.3 is 0 Å². The predicted octanol–water partition coefficient (Wildman–Crippen LogP) is 6.49. The Labute approximate surface area is 258 Å². The van der Waals surface area contributed by atoms with E-state index in [-0.39, 0.29) is 23.0 Å². The van der Waals surface area contributed by atoms with Gasteiger partial charge in [-0.3, -0.25) is 14.5 Å². The Morgan fingerprint density at radius 2 is 1.72 bits per heavy atom. The topological polar surface area (TPSA) is 87.7 Å². The highest BCUT2D eigenvalue weighted by Crippen LogP contribution is 2.43. The fourth-order valence-electron chi connectivity index (χ4n) is 5.89. The molecule has 2 aromatic carbocycles. The highest BCUT2D eigenvalue weighted by molar-refractivity contribution is 6.39. The molecule has 0 saturated carbocycles. The molecule has 8 nitrogen and oxygen atoms in total. The van der Waals surface area contributed by atoms with Gasteiger partial charge in [-0.15, -0.1) is 0 Å². The average Bonchev–Trinajstić information content (AvgIpc) is 2.96. The Kier molecular flexibility index (Phi) is 7.81. The first-order valence-corrected chi connectivity index (χ1v) is 14.4. The Bertz CT molecular complexity index is 1740. The molecule has 0 atom stereocenters. The molecule has 6 rings (SSSR count). The van der Waals surface area contributed by atoms with E-state index in [4.69, 9.17) is 27.9 Å². The third-order valence-corrected chi connectivity index (χ3v) is 8.82. The fourth-order valence-corrected chi connectivity index (χ4v) is 6.49. The SMILES string of the molecule is COc1nc(-c2cccc(-c3cccc(Nc4nccc(CN5CC6(C5)CN(C(C)=O)C6)c4F)c3Cl)c2Cl)ccc1C=O. The highest BCUT2D eigenvalue weighted by atomic mass is 35.5.